The third-order valence-corrected chi connectivity index (χ3v) is 5.75. The fourth-order valence-corrected chi connectivity index (χ4v) is 3.51. The zero-order chi connectivity index (χ0) is 18.3. The fourth-order valence-electron chi connectivity index (χ4n) is 3.51. The molecule has 0 aromatic heterocycles. The summed E-state index contributed by atoms with van der Waals surface area (Å²) >= 11 is 0. The summed E-state index contributed by atoms with van der Waals surface area (Å²) in [7, 11) is 2.60. The van der Waals surface area contributed by atoms with Gasteiger partial charge in [0.15, 0.2) is 7.28 Å². The summed E-state index contributed by atoms with van der Waals surface area (Å²) in [5, 5.41) is 0. The molecular formula is C22H46B2. The summed E-state index contributed by atoms with van der Waals surface area (Å²) in [4.78, 5) is 0. The Morgan fingerprint density at radius 3 is 2.25 bits per heavy atom. The van der Waals surface area contributed by atoms with Gasteiger partial charge in [-0.25, -0.2) is 0 Å². The standard InChI is InChI=1S/C22H46B2/c1-7-21(3)24-19-13-8-10-14-20(2)15-17-22(4,5)16-11-9-12-18-23-6/h20,23-24H,3,7-19H2,1-2,4-6H3. The average molecular weight is 332 g/mol. The Kier molecular flexibility index (Phi) is 15.1. The zero-order valence-electron chi connectivity index (χ0n) is 17.9. The van der Waals surface area contributed by atoms with Crippen LogP contribution in [0.5, 0.6) is 0 Å². The van der Waals surface area contributed by atoms with Crippen LogP contribution in [0.1, 0.15) is 98.3 Å². The minimum absolute atomic E-state index is 0.557. The molecule has 0 N–H and O–H groups in total. The van der Waals surface area contributed by atoms with E-state index in [1.807, 2.05) is 0 Å². The van der Waals surface area contributed by atoms with Gasteiger partial charge in [-0.15, -0.1) is 12.1 Å². The number of unbranched alkanes of at least 4 members (excludes halogenated alkanes) is 4. The van der Waals surface area contributed by atoms with Gasteiger partial charge in [-0.05, 0) is 30.6 Å². The maximum Gasteiger partial charge on any atom is 0.151 e. The molecule has 0 saturated carbocycles. The van der Waals surface area contributed by atoms with Crippen molar-refractivity contribution in [2.24, 2.45) is 11.3 Å². The van der Waals surface area contributed by atoms with E-state index in [0.29, 0.717) is 5.41 Å². The molecule has 1 unspecified atom stereocenters. The molecule has 0 aromatic rings. The number of hydrogen-bond acceptors (Lipinski definition) is 0. The van der Waals surface area contributed by atoms with Gasteiger partial charge in [0.2, 0.25) is 0 Å². The van der Waals surface area contributed by atoms with E-state index in [0.717, 1.165) is 12.3 Å². The molecule has 0 rings (SSSR count). The highest BCUT2D eigenvalue weighted by Crippen LogP contribution is 2.32. The van der Waals surface area contributed by atoms with Crippen LogP contribution < -0.4 is 0 Å². The van der Waals surface area contributed by atoms with E-state index in [-0.39, 0.29) is 0 Å². The van der Waals surface area contributed by atoms with Crippen molar-refractivity contribution in [1.82, 2.24) is 0 Å². The molecule has 0 heterocycles. The van der Waals surface area contributed by atoms with Crippen LogP contribution in [0.15, 0.2) is 12.1 Å². The summed E-state index contributed by atoms with van der Waals surface area (Å²) in [6.45, 7) is 16.1. The van der Waals surface area contributed by atoms with E-state index in [1.165, 1.54) is 96.9 Å². The van der Waals surface area contributed by atoms with E-state index in [1.54, 1.807) is 0 Å². The maximum atomic E-state index is 4.10. The first-order valence-electron chi connectivity index (χ1n) is 11.1. The molecule has 0 aliphatic heterocycles. The van der Waals surface area contributed by atoms with E-state index >= 15 is 0 Å². The second-order valence-corrected chi connectivity index (χ2v) is 9.03. The third kappa shape index (κ3) is 15.4. The Bertz CT molecular complexity index is 296. The molecule has 0 fully saturated rings. The second-order valence-electron chi connectivity index (χ2n) is 9.03. The smallest absolute Gasteiger partial charge is 0.113 e. The predicted molar refractivity (Wildman–Crippen MR) is 118 cm³/mol. The molecule has 1 atom stereocenters. The lowest BCUT2D eigenvalue weighted by atomic mass is 9.65. The van der Waals surface area contributed by atoms with Gasteiger partial charge in [0.1, 0.15) is 7.28 Å². The third-order valence-electron chi connectivity index (χ3n) is 5.75. The topological polar surface area (TPSA) is 0 Å². The van der Waals surface area contributed by atoms with E-state index in [2.05, 4.69) is 41.1 Å². The van der Waals surface area contributed by atoms with E-state index < -0.39 is 0 Å². The first-order chi connectivity index (χ1) is 11.4. The lowest BCUT2D eigenvalue weighted by Gasteiger charge is -2.26. The van der Waals surface area contributed by atoms with Crippen molar-refractivity contribution in [3.8, 4) is 0 Å². The van der Waals surface area contributed by atoms with Crippen LogP contribution in [0.4, 0.5) is 0 Å². The molecule has 2 heteroatoms. The van der Waals surface area contributed by atoms with Gasteiger partial charge in [-0.1, -0.05) is 98.5 Å². The molecule has 0 spiro atoms. The Hall–Kier alpha value is -0.130. The number of allylic oxidation sites excluding steroid dienone is 1. The fraction of sp³-hybridized carbons (Fsp3) is 0.909. The van der Waals surface area contributed by atoms with Gasteiger partial charge in [0.05, 0.1) is 0 Å². The summed E-state index contributed by atoms with van der Waals surface area (Å²) < 4.78 is 0. The first kappa shape index (κ1) is 23.9. The Morgan fingerprint density at radius 2 is 1.58 bits per heavy atom. The van der Waals surface area contributed by atoms with Crippen LogP contribution in [0.2, 0.25) is 19.5 Å². The highest BCUT2D eigenvalue weighted by Gasteiger charge is 2.18. The van der Waals surface area contributed by atoms with Crippen LogP contribution in [0.3, 0.4) is 0 Å². The minimum atomic E-state index is 0.557. The van der Waals surface area contributed by atoms with Crippen LogP contribution in [-0.4, -0.2) is 14.6 Å². The summed E-state index contributed by atoms with van der Waals surface area (Å²) in [5.74, 6) is 0.912. The summed E-state index contributed by atoms with van der Waals surface area (Å²) in [5.41, 5.74) is 1.99. The van der Waals surface area contributed by atoms with Crippen molar-refractivity contribution >= 4 is 14.6 Å². The van der Waals surface area contributed by atoms with Crippen molar-refractivity contribution in [1.29, 1.82) is 0 Å². The first-order valence-corrected chi connectivity index (χ1v) is 11.1. The molecule has 0 aromatic carbocycles. The Morgan fingerprint density at radius 1 is 0.917 bits per heavy atom. The van der Waals surface area contributed by atoms with Crippen molar-refractivity contribution in [3.05, 3.63) is 12.1 Å². The molecule has 0 bridgehead atoms. The number of hydrogen-bond donors (Lipinski definition) is 0. The molecule has 0 saturated heterocycles. The molecule has 0 radical (unpaired) electrons. The van der Waals surface area contributed by atoms with Gasteiger partial charge in [0, 0.05) is 0 Å². The van der Waals surface area contributed by atoms with Gasteiger partial charge in [-0.3, -0.25) is 0 Å². The molecule has 0 amide bonds. The Labute approximate surface area is 156 Å². The SMILES string of the molecule is C=C(BCCCCCC(C)CCC(C)(C)CCCCCBC)CC. The zero-order valence-corrected chi connectivity index (χ0v) is 17.9. The average Bonchev–Trinajstić information content (AvgIpc) is 2.55. The van der Waals surface area contributed by atoms with Crippen LogP contribution in [-0.2, 0) is 0 Å². The lowest BCUT2D eigenvalue weighted by molar-refractivity contribution is 0.263. The predicted octanol–water partition coefficient (Wildman–Crippen LogP) is 7.23. The molecule has 140 valence electrons. The monoisotopic (exact) mass is 332 g/mol. The highest BCUT2D eigenvalue weighted by atomic mass is 14.2. The van der Waals surface area contributed by atoms with Crippen LogP contribution in [0, 0.1) is 11.3 Å². The van der Waals surface area contributed by atoms with Crippen molar-refractivity contribution in [3.63, 3.8) is 0 Å². The molecule has 0 aliphatic carbocycles. The van der Waals surface area contributed by atoms with Gasteiger partial charge in [0.25, 0.3) is 0 Å². The minimum Gasteiger partial charge on any atom is -0.113 e. The quantitative estimate of drug-likeness (QED) is 0.195. The summed E-state index contributed by atoms with van der Waals surface area (Å²) in [6, 6.07) is 0. The maximum absolute atomic E-state index is 4.10. The summed E-state index contributed by atoms with van der Waals surface area (Å²) in [6.07, 6.45) is 18.2. The Balaban J connectivity index is 3.58. The van der Waals surface area contributed by atoms with Gasteiger partial charge < -0.3 is 0 Å². The van der Waals surface area contributed by atoms with Crippen molar-refractivity contribution in [2.45, 2.75) is 118 Å². The molecule has 24 heavy (non-hydrogen) atoms. The van der Waals surface area contributed by atoms with Gasteiger partial charge >= 0.3 is 0 Å². The van der Waals surface area contributed by atoms with Crippen LogP contribution in [0.25, 0.3) is 0 Å². The second kappa shape index (κ2) is 15.2. The molecule has 0 aliphatic rings. The molecular weight excluding hydrogens is 286 g/mol. The lowest BCUT2D eigenvalue weighted by Crippen LogP contribution is -2.13. The van der Waals surface area contributed by atoms with Gasteiger partial charge in [-0.2, -0.15) is 0 Å². The van der Waals surface area contributed by atoms with Crippen LogP contribution >= 0.6 is 0 Å². The van der Waals surface area contributed by atoms with Crippen molar-refractivity contribution in [2.75, 3.05) is 0 Å². The number of rotatable bonds is 17. The van der Waals surface area contributed by atoms with E-state index in [9.17, 15) is 0 Å². The van der Waals surface area contributed by atoms with E-state index in [4.69, 9.17) is 0 Å². The van der Waals surface area contributed by atoms with Crippen molar-refractivity contribution < 1.29 is 0 Å². The normalized spacial score (nSPS) is 12.9. The highest BCUT2D eigenvalue weighted by molar-refractivity contribution is 6.44. The largest absolute Gasteiger partial charge is 0.151 e. The molecule has 0 nitrogen and oxygen atoms in total.